The van der Waals surface area contributed by atoms with Gasteiger partial charge in [0.15, 0.2) is 34.5 Å². The molecule has 3 fully saturated rings. The Labute approximate surface area is 392 Å². The second-order valence-electron chi connectivity index (χ2n) is 16.7. The van der Waals surface area contributed by atoms with E-state index in [2.05, 4.69) is 22.3 Å². The highest BCUT2D eigenvalue weighted by Gasteiger charge is 2.54. The summed E-state index contributed by atoms with van der Waals surface area (Å²) in [6.45, 7) is 4.87. The monoisotopic (exact) mass is 915 g/mol. The van der Waals surface area contributed by atoms with Crippen molar-refractivity contribution in [2.24, 2.45) is 0 Å². The van der Waals surface area contributed by atoms with E-state index in [9.17, 15) is 14.7 Å². The molecule has 6 atom stereocenters. The number of esters is 1. The van der Waals surface area contributed by atoms with Crippen molar-refractivity contribution in [3.63, 3.8) is 0 Å². The van der Waals surface area contributed by atoms with E-state index in [0.29, 0.717) is 69.1 Å². The molecule has 5 aromatic carbocycles. The van der Waals surface area contributed by atoms with Crippen LogP contribution >= 0.6 is 0 Å². The van der Waals surface area contributed by atoms with E-state index in [4.69, 9.17) is 37.9 Å². The molecule has 6 aliphatic rings. The SMILES string of the molecule is C.C.O=C([C@H](Cc1ccc2c(c1)OCCO2)NC(CO)c1ccccc1)N1CCCC1.O=C1OC[C@H](c2ccccc2)N2C1[C@@H](c1ccc3c(c1)OCCO3)O[C@H]2c1ccc2c(c1)OCCO2. The Balaban J connectivity index is 0.000000181. The summed E-state index contributed by atoms with van der Waals surface area (Å²) in [6.07, 6.45) is 1.56. The van der Waals surface area contributed by atoms with Gasteiger partial charge in [-0.2, -0.15) is 0 Å². The minimum atomic E-state index is -0.635. The fourth-order valence-electron chi connectivity index (χ4n) is 9.43. The maximum atomic E-state index is 13.3. The summed E-state index contributed by atoms with van der Waals surface area (Å²) in [5.41, 5.74) is 4.75. The lowest BCUT2D eigenvalue weighted by molar-refractivity contribution is -0.163. The lowest BCUT2D eigenvalue weighted by atomic mass is 9.96. The lowest BCUT2D eigenvalue weighted by Crippen LogP contribution is -2.49. The zero-order valence-corrected chi connectivity index (χ0v) is 36.1. The van der Waals surface area contributed by atoms with Crippen molar-refractivity contribution in [3.05, 3.63) is 143 Å². The van der Waals surface area contributed by atoms with Crippen molar-refractivity contribution in [2.45, 2.75) is 70.6 Å². The second-order valence-corrected chi connectivity index (χ2v) is 16.7. The van der Waals surface area contributed by atoms with Gasteiger partial charge in [-0.05, 0) is 83.5 Å². The molecule has 0 saturated carbocycles. The molecule has 11 rings (SSSR count). The fraction of sp³-hybridized carbons (Fsp3) is 0.396. The highest BCUT2D eigenvalue weighted by molar-refractivity contribution is 5.82. The molecule has 5 aromatic rings. The largest absolute Gasteiger partial charge is 0.486 e. The van der Waals surface area contributed by atoms with Gasteiger partial charge in [-0.3, -0.25) is 14.9 Å². The number of aliphatic hydroxyl groups is 1. The minimum absolute atomic E-state index is 0. The molecule has 67 heavy (non-hydrogen) atoms. The van der Waals surface area contributed by atoms with Gasteiger partial charge in [0.2, 0.25) is 5.91 Å². The van der Waals surface area contributed by atoms with Crippen LogP contribution in [0.1, 0.15) is 79.9 Å². The first-order valence-electron chi connectivity index (χ1n) is 22.5. The number of fused-ring (bicyclic) bond motifs is 4. The van der Waals surface area contributed by atoms with E-state index in [-0.39, 0.29) is 52.0 Å². The first-order chi connectivity index (χ1) is 32.0. The number of rotatable bonds is 10. The fourth-order valence-corrected chi connectivity index (χ4v) is 9.43. The Hall–Kier alpha value is -6.32. The molecular weight excluding hydrogens is 855 g/mol. The number of nitrogens with zero attached hydrogens (tertiary/aromatic N) is 2. The van der Waals surface area contributed by atoms with Crippen molar-refractivity contribution in [1.82, 2.24) is 15.1 Å². The molecule has 1 amide bonds. The maximum absolute atomic E-state index is 13.3. The zero-order valence-electron chi connectivity index (χ0n) is 36.1. The Morgan fingerprint density at radius 3 is 1.78 bits per heavy atom. The third kappa shape index (κ3) is 10.2. The molecule has 14 nitrogen and oxygen atoms in total. The number of cyclic esters (lactones) is 1. The molecule has 0 bridgehead atoms. The average molecular weight is 916 g/mol. The zero-order chi connectivity index (χ0) is 44.1. The van der Waals surface area contributed by atoms with E-state index >= 15 is 0 Å². The van der Waals surface area contributed by atoms with Crippen molar-refractivity contribution in [3.8, 4) is 34.5 Å². The van der Waals surface area contributed by atoms with Crippen LogP contribution in [0.15, 0.2) is 115 Å². The smallest absolute Gasteiger partial charge is 0.326 e. The van der Waals surface area contributed by atoms with Crippen LogP contribution in [0.5, 0.6) is 34.5 Å². The number of carbonyl (C=O) groups is 2. The Morgan fingerprint density at radius 1 is 0.627 bits per heavy atom. The van der Waals surface area contributed by atoms with Crippen LogP contribution in [0.2, 0.25) is 0 Å². The van der Waals surface area contributed by atoms with E-state index in [1.165, 1.54) is 0 Å². The van der Waals surface area contributed by atoms with E-state index in [1.54, 1.807) is 0 Å². The number of benzene rings is 5. The van der Waals surface area contributed by atoms with Gasteiger partial charge in [0.05, 0.1) is 24.7 Å². The van der Waals surface area contributed by atoms with Gasteiger partial charge in [-0.15, -0.1) is 0 Å². The van der Waals surface area contributed by atoms with Gasteiger partial charge in [0.1, 0.15) is 64.6 Å². The first kappa shape index (κ1) is 47.2. The number of hydrogen-bond donors (Lipinski definition) is 2. The summed E-state index contributed by atoms with van der Waals surface area (Å²) in [4.78, 5) is 30.6. The van der Waals surface area contributed by atoms with Crippen LogP contribution in [-0.2, 0) is 25.5 Å². The van der Waals surface area contributed by atoms with Gasteiger partial charge in [-0.25, -0.2) is 4.90 Å². The second kappa shape index (κ2) is 21.5. The molecule has 0 radical (unpaired) electrons. The predicted octanol–water partition coefficient (Wildman–Crippen LogP) is 7.55. The molecule has 6 aliphatic heterocycles. The van der Waals surface area contributed by atoms with Gasteiger partial charge in [0, 0.05) is 13.1 Å². The van der Waals surface area contributed by atoms with Gasteiger partial charge in [-0.1, -0.05) is 93.7 Å². The number of likely N-dealkylation sites (tertiary alicyclic amines) is 1. The maximum Gasteiger partial charge on any atom is 0.326 e. The van der Waals surface area contributed by atoms with E-state index < -0.39 is 24.4 Å². The summed E-state index contributed by atoms with van der Waals surface area (Å²) in [5, 5.41) is 13.4. The minimum Gasteiger partial charge on any atom is -0.486 e. The summed E-state index contributed by atoms with van der Waals surface area (Å²) in [7, 11) is 0. The standard InChI is InChI=1S/C28H25NO7.C23H28N2O4.2CH4/c30-28-25-26(18-6-8-21-23(14-18)33-12-10-31-21)36-27(19-7-9-22-24(15-19)34-13-11-32-22)29(25)20(16-35-28)17-4-2-1-3-5-17;26-16-20(18-6-2-1-3-7-18)24-19(23(27)25-10-4-5-11-25)14-17-8-9-21-22(15-17)29-13-12-28-21;;/h1-9,14-15,20,25-27H,10-13,16H2;1-3,6-9,15,19-20,24,26H,4-5,10-14,16H2;2*1H4/t20-,25?,26-,27+;19-,20?;;/m10../s1. The normalized spacial score (nSPS) is 22.0. The van der Waals surface area contributed by atoms with E-state index in [0.717, 1.165) is 65.2 Å². The molecule has 2 N–H and O–H groups in total. The first-order valence-corrected chi connectivity index (χ1v) is 22.5. The van der Waals surface area contributed by atoms with Gasteiger partial charge < -0.3 is 47.9 Å². The topological polar surface area (TPSA) is 147 Å². The lowest BCUT2D eigenvalue weighted by Gasteiger charge is -2.39. The average Bonchev–Trinajstić information content (AvgIpc) is 4.06. The third-order valence-electron chi connectivity index (χ3n) is 12.6. The Bertz CT molecular complexity index is 2450. The van der Waals surface area contributed by atoms with Crippen LogP contribution < -0.4 is 33.7 Å². The van der Waals surface area contributed by atoms with Crippen molar-refractivity contribution < 1.29 is 52.6 Å². The number of morpholine rings is 1. The molecule has 0 aliphatic carbocycles. The highest BCUT2D eigenvalue weighted by atomic mass is 16.6. The number of ether oxygens (including phenoxy) is 8. The van der Waals surface area contributed by atoms with Crippen LogP contribution in [0.4, 0.5) is 0 Å². The van der Waals surface area contributed by atoms with E-state index in [1.807, 2.05) is 108 Å². The quantitative estimate of drug-likeness (QED) is 0.133. The molecule has 354 valence electrons. The van der Waals surface area contributed by atoms with Crippen LogP contribution in [0, 0.1) is 0 Å². The molecule has 3 saturated heterocycles. The number of amides is 1. The van der Waals surface area contributed by atoms with Gasteiger partial charge >= 0.3 is 5.97 Å². The molecule has 6 heterocycles. The molecule has 2 unspecified atom stereocenters. The number of carbonyl (C=O) groups excluding carboxylic acids is 2. The summed E-state index contributed by atoms with van der Waals surface area (Å²) < 4.78 is 46.8. The molecule has 14 heteroatoms. The van der Waals surface area contributed by atoms with Crippen molar-refractivity contribution in [2.75, 3.05) is 65.9 Å². The molecule has 0 spiro atoms. The number of hydrogen-bond acceptors (Lipinski definition) is 13. The molecule has 0 aromatic heterocycles. The number of nitrogens with one attached hydrogen (secondary N) is 1. The predicted molar refractivity (Wildman–Crippen MR) is 251 cm³/mol. The third-order valence-corrected chi connectivity index (χ3v) is 12.6. The van der Waals surface area contributed by atoms with Crippen molar-refractivity contribution >= 4 is 11.9 Å². The molecular formula is C53H61N3O11. The summed E-state index contributed by atoms with van der Waals surface area (Å²) >= 11 is 0. The van der Waals surface area contributed by atoms with Crippen molar-refractivity contribution in [1.29, 1.82) is 0 Å². The Kier molecular flexibility index (Phi) is 15.2. The summed E-state index contributed by atoms with van der Waals surface area (Å²) in [5.74, 6) is 3.99. The van der Waals surface area contributed by atoms with Gasteiger partial charge in [0.25, 0.3) is 0 Å². The number of aliphatic hydroxyl groups excluding tert-OH is 1. The van der Waals surface area contributed by atoms with Crippen LogP contribution in [-0.4, -0.2) is 105 Å². The summed E-state index contributed by atoms with van der Waals surface area (Å²) in [6, 6.07) is 35.7. The Morgan fingerprint density at radius 2 is 1.16 bits per heavy atom. The van der Waals surface area contributed by atoms with Crippen LogP contribution in [0.25, 0.3) is 0 Å². The van der Waals surface area contributed by atoms with Crippen LogP contribution in [0.3, 0.4) is 0 Å². The highest BCUT2D eigenvalue weighted by Crippen LogP contribution is 2.51.